The number of rotatable bonds is 2. The fraction of sp³-hybridized carbons (Fsp3) is 0.588. The van der Waals surface area contributed by atoms with Gasteiger partial charge in [0, 0.05) is 12.0 Å². The van der Waals surface area contributed by atoms with Crippen LogP contribution in [0.2, 0.25) is 5.02 Å². The van der Waals surface area contributed by atoms with Crippen molar-refractivity contribution in [1.29, 1.82) is 0 Å². The summed E-state index contributed by atoms with van der Waals surface area (Å²) >= 11 is 6.50. The van der Waals surface area contributed by atoms with Crippen LogP contribution in [0.1, 0.15) is 50.9 Å². The number of aromatic nitrogens is 2. The van der Waals surface area contributed by atoms with Crippen LogP contribution in [0.3, 0.4) is 0 Å². The number of hydrogen-bond donors (Lipinski definition) is 0. The summed E-state index contributed by atoms with van der Waals surface area (Å²) in [5.74, 6) is 1.59. The van der Waals surface area contributed by atoms with Gasteiger partial charge in [0.15, 0.2) is 0 Å². The third-order valence-corrected chi connectivity index (χ3v) is 4.80. The normalized spacial score (nSPS) is 21.1. The second-order valence-electron chi connectivity index (χ2n) is 6.49. The summed E-state index contributed by atoms with van der Waals surface area (Å²) in [5, 5.41) is 0.824. The zero-order chi connectivity index (χ0) is 15.0. The van der Waals surface area contributed by atoms with Gasteiger partial charge < -0.3 is 9.47 Å². The molecular formula is C17H24ClN3. The second-order valence-corrected chi connectivity index (χ2v) is 6.90. The molecular weight excluding hydrogens is 282 g/mol. The smallest absolute Gasteiger partial charge is 0.112 e. The first-order valence-electron chi connectivity index (χ1n) is 7.93. The number of hydrogen-bond acceptors (Lipinski definition) is 2. The van der Waals surface area contributed by atoms with E-state index < -0.39 is 0 Å². The van der Waals surface area contributed by atoms with Gasteiger partial charge in [-0.15, -0.1) is 0 Å². The molecule has 1 fully saturated rings. The number of imidazole rings is 1. The van der Waals surface area contributed by atoms with E-state index in [-0.39, 0.29) is 0 Å². The van der Waals surface area contributed by atoms with E-state index in [0.29, 0.717) is 12.0 Å². The molecule has 0 radical (unpaired) electrons. The lowest BCUT2D eigenvalue weighted by Gasteiger charge is -2.22. The molecule has 1 aromatic carbocycles. The highest BCUT2D eigenvalue weighted by molar-refractivity contribution is 6.35. The average Bonchev–Trinajstić information content (AvgIpc) is 2.71. The molecule has 2 heterocycles. The molecule has 21 heavy (non-hydrogen) atoms. The van der Waals surface area contributed by atoms with Crippen molar-refractivity contribution >= 4 is 22.6 Å². The molecule has 1 saturated heterocycles. The molecule has 0 bridgehead atoms. The molecule has 0 saturated carbocycles. The van der Waals surface area contributed by atoms with Crippen LogP contribution in [-0.4, -0.2) is 34.6 Å². The Morgan fingerprint density at radius 3 is 2.81 bits per heavy atom. The van der Waals surface area contributed by atoms with E-state index in [9.17, 15) is 0 Å². The maximum atomic E-state index is 6.50. The van der Waals surface area contributed by atoms with Gasteiger partial charge >= 0.3 is 0 Å². The van der Waals surface area contributed by atoms with Crippen LogP contribution >= 0.6 is 11.6 Å². The number of likely N-dealkylation sites (tertiary alicyclic amines) is 1. The van der Waals surface area contributed by atoms with Crippen LogP contribution in [-0.2, 0) is 0 Å². The summed E-state index contributed by atoms with van der Waals surface area (Å²) < 4.78 is 2.43. The van der Waals surface area contributed by atoms with E-state index in [2.05, 4.69) is 36.4 Å². The quantitative estimate of drug-likeness (QED) is 0.816. The van der Waals surface area contributed by atoms with Crippen molar-refractivity contribution < 1.29 is 0 Å². The molecule has 1 aliphatic heterocycles. The van der Waals surface area contributed by atoms with Gasteiger partial charge in [0.25, 0.3) is 0 Å². The number of nitrogens with zero attached hydrogens (tertiary/aromatic N) is 3. The summed E-state index contributed by atoms with van der Waals surface area (Å²) in [6.07, 6.45) is 3.62. The fourth-order valence-electron chi connectivity index (χ4n) is 3.38. The van der Waals surface area contributed by atoms with Crippen LogP contribution in [0.5, 0.6) is 0 Å². The number of benzene rings is 1. The number of halogens is 1. The molecule has 0 aliphatic carbocycles. The molecule has 3 nitrogen and oxygen atoms in total. The minimum absolute atomic E-state index is 0.412. The van der Waals surface area contributed by atoms with Crippen molar-refractivity contribution in [3.8, 4) is 0 Å². The highest BCUT2D eigenvalue weighted by atomic mass is 35.5. The second kappa shape index (κ2) is 5.98. The van der Waals surface area contributed by atoms with E-state index in [1.165, 1.54) is 31.6 Å². The van der Waals surface area contributed by atoms with Crippen molar-refractivity contribution in [3.63, 3.8) is 0 Å². The predicted molar refractivity (Wildman–Crippen MR) is 89.2 cm³/mol. The molecule has 0 unspecified atom stereocenters. The minimum atomic E-state index is 0.412. The van der Waals surface area contributed by atoms with Crippen LogP contribution in [0, 0.1) is 0 Å². The lowest BCUT2D eigenvalue weighted by atomic mass is 10.1. The largest absolute Gasteiger partial charge is 0.323 e. The Balaban J connectivity index is 2.12. The molecule has 2 aromatic rings. The molecule has 1 atom stereocenters. The van der Waals surface area contributed by atoms with E-state index in [0.717, 1.165) is 22.6 Å². The fourth-order valence-corrected chi connectivity index (χ4v) is 3.64. The van der Waals surface area contributed by atoms with Gasteiger partial charge in [0.1, 0.15) is 5.82 Å². The Bertz CT molecular complexity index is 632. The van der Waals surface area contributed by atoms with Crippen LogP contribution < -0.4 is 0 Å². The van der Waals surface area contributed by atoms with Crippen molar-refractivity contribution in [2.24, 2.45) is 0 Å². The Labute approximate surface area is 131 Å². The molecule has 1 aliphatic rings. The molecule has 114 valence electrons. The monoisotopic (exact) mass is 305 g/mol. The molecule has 1 aromatic heterocycles. The van der Waals surface area contributed by atoms with Crippen molar-refractivity contribution in [3.05, 3.63) is 29.0 Å². The Kier molecular flexibility index (Phi) is 4.23. The van der Waals surface area contributed by atoms with Crippen LogP contribution in [0.4, 0.5) is 0 Å². The number of fused-ring (bicyclic) bond motifs is 1. The Morgan fingerprint density at radius 1 is 1.24 bits per heavy atom. The molecule has 0 spiro atoms. The Morgan fingerprint density at radius 2 is 2.05 bits per heavy atom. The lowest BCUT2D eigenvalue weighted by molar-refractivity contribution is 0.340. The average molecular weight is 306 g/mol. The van der Waals surface area contributed by atoms with Gasteiger partial charge in [-0.05, 0) is 51.5 Å². The highest BCUT2D eigenvalue weighted by Gasteiger charge is 2.24. The molecule has 0 amide bonds. The molecule has 4 heteroatoms. The third-order valence-electron chi connectivity index (χ3n) is 4.49. The zero-order valence-corrected chi connectivity index (χ0v) is 13.9. The first-order valence-corrected chi connectivity index (χ1v) is 8.30. The van der Waals surface area contributed by atoms with E-state index >= 15 is 0 Å². The van der Waals surface area contributed by atoms with Gasteiger partial charge in [0.2, 0.25) is 0 Å². The van der Waals surface area contributed by atoms with E-state index in [1.54, 1.807) is 0 Å². The topological polar surface area (TPSA) is 21.1 Å². The lowest BCUT2D eigenvalue weighted by Crippen LogP contribution is -2.20. The van der Waals surface area contributed by atoms with Crippen LogP contribution in [0.25, 0.3) is 11.0 Å². The van der Waals surface area contributed by atoms with Gasteiger partial charge in [-0.1, -0.05) is 31.5 Å². The Hall–Kier alpha value is -1.06. The van der Waals surface area contributed by atoms with Crippen LogP contribution in [0.15, 0.2) is 18.2 Å². The summed E-state index contributed by atoms with van der Waals surface area (Å²) in [6.45, 7) is 6.77. The van der Waals surface area contributed by atoms with Gasteiger partial charge in [-0.25, -0.2) is 4.98 Å². The first-order chi connectivity index (χ1) is 10.1. The van der Waals surface area contributed by atoms with E-state index in [4.69, 9.17) is 16.6 Å². The standard InChI is InChI=1S/C17H24ClN3/c1-12(2)17-19-15-8-4-7-14(18)16(15)21(17)13-6-5-10-20(3)11-9-13/h4,7-8,12-13H,5-6,9-11H2,1-3H3/t13-/m0/s1. The van der Waals surface area contributed by atoms with Crippen molar-refractivity contribution in [2.45, 2.75) is 45.1 Å². The zero-order valence-electron chi connectivity index (χ0n) is 13.1. The predicted octanol–water partition coefficient (Wildman–Crippen LogP) is 4.47. The van der Waals surface area contributed by atoms with Gasteiger partial charge in [-0.2, -0.15) is 0 Å². The third kappa shape index (κ3) is 2.82. The minimum Gasteiger partial charge on any atom is -0.323 e. The number of para-hydroxylation sites is 1. The maximum Gasteiger partial charge on any atom is 0.112 e. The maximum absolute atomic E-state index is 6.50. The van der Waals surface area contributed by atoms with Crippen molar-refractivity contribution in [2.75, 3.05) is 20.1 Å². The van der Waals surface area contributed by atoms with Gasteiger partial charge in [-0.3, -0.25) is 0 Å². The summed E-state index contributed by atoms with van der Waals surface area (Å²) in [6, 6.07) is 6.56. The molecule has 0 N–H and O–H groups in total. The molecule has 3 rings (SSSR count). The van der Waals surface area contributed by atoms with E-state index in [1.807, 2.05) is 12.1 Å². The summed E-state index contributed by atoms with van der Waals surface area (Å²) in [7, 11) is 2.21. The SMILES string of the molecule is CC(C)c1nc2cccc(Cl)c2n1[C@H]1CCCN(C)CC1. The van der Waals surface area contributed by atoms with Gasteiger partial charge in [0.05, 0.1) is 16.1 Å². The summed E-state index contributed by atoms with van der Waals surface area (Å²) in [5.41, 5.74) is 2.15. The first kappa shape index (κ1) is 14.9. The van der Waals surface area contributed by atoms with Crippen molar-refractivity contribution in [1.82, 2.24) is 14.5 Å². The highest BCUT2D eigenvalue weighted by Crippen LogP contribution is 2.34. The summed E-state index contributed by atoms with van der Waals surface area (Å²) in [4.78, 5) is 7.29.